The highest BCUT2D eigenvalue weighted by molar-refractivity contribution is 5.39. The van der Waals surface area contributed by atoms with Gasteiger partial charge in [-0.2, -0.15) is 0 Å². The van der Waals surface area contributed by atoms with Crippen LogP contribution in [0.3, 0.4) is 0 Å². The summed E-state index contributed by atoms with van der Waals surface area (Å²) in [5.41, 5.74) is 2.24. The van der Waals surface area contributed by atoms with Crippen molar-refractivity contribution in [2.45, 2.75) is 40.7 Å². The van der Waals surface area contributed by atoms with E-state index in [0.29, 0.717) is 11.2 Å². The largest absolute Gasteiger partial charge is 0.507 e. The van der Waals surface area contributed by atoms with Crippen molar-refractivity contribution in [3.8, 4) is 5.75 Å². The molecule has 2 N–H and O–H groups in total. The maximum atomic E-state index is 9.84. The van der Waals surface area contributed by atoms with Crippen LogP contribution in [0.5, 0.6) is 5.75 Å². The summed E-state index contributed by atoms with van der Waals surface area (Å²) < 4.78 is 0. The van der Waals surface area contributed by atoms with Crippen LogP contribution in [0, 0.1) is 12.3 Å². The molecule has 0 heterocycles. The van der Waals surface area contributed by atoms with Gasteiger partial charge in [-0.1, -0.05) is 39.0 Å². The summed E-state index contributed by atoms with van der Waals surface area (Å²) in [5, 5.41) is 13.2. The number of hydrogen-bond acceptors (Lipinski definition) is 2. The lowest BCUT2D eigenvalue weighted by Crippen LogP contribution is -2.28. The molecule has 0 bridgehead atoms. The van der Waals surface area contributed by atoms with E-state index in [4.69, 9.17) is 0 Å². The number of rotatable bonds is 5. The molecule has 0 spiro atoms. The third-order valence-electron chi connectivity index (χ3n) is 3.20. The van der Waals surface area contributed by atoms with E-state index in [1.54, 1.807) is 0 Å². The minimum Gasteiger partial charge on any atom is -0.507 e. The van der Waals surface area contributed by atoms with E-state index in [1.165, 1.54) is 0 Å². The average molecular weight is 221 g/mol. The highest BCUT2D eigenvalue weighted by Crippen LogP contribution is 2.22. The molecule has 0 amide bonds. The predicted molar refractivity (Wildman–Crippen MR) is 68.6 cm³/mol. The molecule has 0 radical (unpaired) electrons. The number of para-hydroxylation sites is 1. The van der Waals surface area contributed by atoms with Gasteiger partial charge < -0.3 is 10.4 Å². The topological polar surface area (TPSA) is 32.3 Å². The van der Waals surface area contributed by atoms with Gasteiger partial charge in [-0.15, -0.1) is 0 Å². The number of benzene rings is 1. The maximum absolute atomic E-state index is 9.84. The zero-order chi connectivity index (χ0) is 12.2. The summed E-state index contributed by atoms with van der Waals surface area (Å²) in [5.74, 6) is 0.421. The second-order valence-corrected chi connectivity index (χ2v) is 5.20. The first kappa shape index (κ1) is 13.0. The lowest BCUT2D eigenvalue weighted by atomic mass is 9.90. The molecular weight excluding hydrogens is 198 g/mol. The second-order valence-electron chi connectivity index (χ2n) is 5.20. The first-order valence-corrected chi connectivity index (χ1v) is 5.94. The maximum Gasteiger partial charge on any atom is 0.122 e. The molecule has 90 valence electrons. The fraction of sp³-hybridized carbons (Fsp3) is 0.571. The van der Waals surface area contributed by atoms with E-state index >= 15 is 0 Å². The van der Waals surface area contributed by atoms with Crippen molar-refractivity contribution in [1.29, 1.82) is 0 Å². The van der Waals surface area contributed by atoms with E-state index in [-0.39, 0.29) is 0 Å². The number of phenols is 1. The number of phenolic OH excluding ortho intramolecular Hbond substituents is 1. The van der Waals surface area contributed by atoms with Crippen molar-refractivity contribution in [1.82, 2.24) is 5.32 Å². The van der Waals surface area contributed by atoms with E-state index in [9.17, 15) is 5.11 Å². The van der Waals surface area contributed by atoms with Crippen LogP contribution in [0.25, 0.3) is 0 Å². The molecule has 2 nitrogen and oxygen atoms in total. The van der Waals surface area contributed by atoms with Crippen molar-refractivity contribution in [2.24, 2.45) is 5.41 Å². The molecule has 1 aromatic carbocycles. The van der Waals surface area contributed by atoms with Crippen LogP contribution in [0.1, 0.15) is 38.3 Å². The van der Waals surface area contributed by atoms with Crippen LogP contribution in [-0.4, -0.2) is 11.7 Å². The number of aryl methyl sites for hydroxylation is 1. The molecule has 16 heavy (non-hydrogen) atoms. The summed E-state index contributed by atoms with van der Waals surface area (Å²) in [7, 11) is 0. The molecule has 0 aliphatic heterocycles. The standard InChI is InChI=1S/C14H23NO/c1-5-14(3,4)10-15-9-12-8-6-7-11(2)13(12)16/h6-8,15-16H,5,9-10H2,1-4H3. The zero-order valence-corrected chi connectivity index (χ0v) is 10.8. The van der Waals surface area contributed by atoms with Gasteiger partial charge in [-0.05, 0) is 24.3 Å². The Kier molecular flexibility index (Phi) is 4.36. The second kappa shape index (κ2) is 5.35. The Hall–Kier alpha value is -1.02. The van der Waals surface area contributed by atoms with Gasteiger partial charge in [0.1, 0.15) is 5.75 Å². The van der Waals surface area contributed by atoms with Crippen molar-refractivity contribution < 1.29 is 5.11 Å². The number of nitrogens with one attached hydrogen (secondary N) is 1. The summed E-state index contributed by atoms with van der Waals surface area (Å²) >= 11 is 0. The third-order valence-corrected chi connectivity index (χ3v) is 3.20. The summed E-state index contributed by atoms with van der Waals surface area (Å²) in [6, 6.07) is 5.88. The molecule has 0 saturated carbocycles. The molecule has 0 aliphatic rings. The van der Waals surface area contributed by atoms with Crippen molar-refractivity contribution in [2.75, 3.05) is 6.54 Å². The minimum atomic E-state index is 0.319. The van der Waals surface area contributed by atoms with Crippen molar-refractivity contribution in [3.63, 3.8) is 0 Å². The highest BCUT2D eigenvalue weighted by atomic mass is 16.3. The Bertz CT molecular complexity index is 345. The van der Waals surface area contributed by atoms with Crippen LogP contribution in [0.2, 0.25) is 0 Å². The SMILES string of the molecule is CCC(C)(C)CNCc1cccc(C)c1O. The quantitative estimate of drug-likeness (QED) is 0.800. The lowest BCUT2D eigenvalue weighted by molar-refractivity contribution is 0.326. The van der Waals surface area contributed by atoms with Gasteiger partial charge in [-0.25, -0.2) is 0 Å². The van der Waals surface area contributed by atoms with Gasteiger partial charge in [0, 0.05) is 18.7 Å². The van der Waals surface area contributed by atoms with Crippen LogP contribution in [0.15, 0.2) is 18.2 Å². The molecule has 0 aromatic heterocycles. The zero-order valence-electron chi connectivity index (χ0n) is 10.8. The molecular formula is C14H23NO. The first-order valence-electron chi connectivity index (χ1n) is 5.94. The molecule has 2 heteroatoms. The fourth-order valence-corrected chi connectivity index (χ4v) is 1.52. The average Bonchev–Trinajstić information content (AvgIpc) is 2.24. The van der Waals surface area contributed by atoms with Crippen LogP contribution < -0.4 is 5.32 Å². The van der Waals surface area contributed by atoms with Gasteiger partial charge in [-0.3, -0.25) is 0 Å². The number of hydrogen-bond donors (Lipinski definition) is 2. The Morgan fingerprint density at radius 3 is 2.62 bits per heavy atom. The molecule has 1 rings (SSSR count). The van der Waals surface area contributed by atoms with Crippen molar-refractivity contribution >= 4 is 0 Å². The molecule has 0 atom stereocenters. The summed E-state index contributed by atoms with van der Waals surface area (Å²) in [6.45, 7) is 10.3. The Morgan fingerprint density at radius 2 is 2.00 bits per heavy atom. The van der Waals surface area contributed by atoms with Gasteiger partial charge in [0.05, 0.1) is 0 Å². The summed E-state index contributed by atoms with van der Waals surface area (Å²) in [4.78, 5) is 0. The molecule has 0 aliphatic carbocycles. The van der Waals surface area contributed by atoms with Gasteiger partial charge in [0.15, 0.2) is 0 Å². The Morgan fingerprint density at radius 1 is 1.31 bits per heavy atom. The third kappa shape index (κ3) is 3.53. The van der Waals surface area contributed by atoms with Gasteiger partial charge in [0.2, 0.25) is 0 Å². The predicted octanol–water partition coefficient (Wildman–Crippen LogP) is 3.23. The number of aromatic hydroxyl groups is 1. The highest BCUT2D eigenvalue weighted by Gasteiger charge is 2.14. The fourth-order valence-electron chi connectivity index (χ4n) is 1.52. The summed E-state index contributed by atoms with van der Waals surface area (Å²) in [6.07, 6.45) is 1.15. The van der Waals surface area contributed by atoms with E-state index in [1.807, 2.05) is 25.1 Å². The van der Waals surface area contributed by atoms with Crippen molar-refractivity contribution in [3.05, 3.63) is 29.3 Å². The van der Waals surface area contributed by atoms with E-state index < -0.39 is 0 Å². The molecule has 0 saturated heterocycles. The van der Waals surface area contributed by atoms with E-state index in [0.717, 1.165) is 30.6 Å². The molecule has 0 unspecified atom stereocenters. The van der Waals surface area contributed by atoms with Crippen LogP contribution in [0.4, 0.5) is 0 Å². The monoisotopic (exact) mass is 221 g/mol. The van der Waals surface area contributed by atoms with Gasteiger partial charge >= 0.3 is 0 Å². The minimum absolute atomic E-state index is 0.319. The van der Waals surface area contributed by atoms with Gasteiger partial charge in [0.25, 0.3) is 0 Å². The lowest BCUT2D eigenvalue weighted by Gasteiger charge is -2.23. The molecule has 1 aromatic rings. The molecule has 0 fully saturated rings. The van der Waals surface area contributed by atoms with Crippen LogP contribution >= 0.6 is 0 Å². The Balaban J connectivity index is 2.53. The first-order chi connectivity index (χ1) is 7.46. The van der Waals surface area contributed by atoms with E-state index in [2.05, 4.69) is 26.1 Å². The normalized spacial score (nSPS) is 11.8. The van der Waals surface area contributed by atoms with Crippen LogP contribution in [-0.2, 0) is 6.54 Å². The smallest absolute Gasteiger partial charge is 0.122 e. The Labute approximate surface area is 98.7 Å².